The molecule has 0 unspecified atom stereocenters. The highest BCUT2D eigenvalue weighted by Gasteiger charge is 2.07. The number of carbonyl (C=O) groups is 1. The third-order valence-corrected chi connectivity index (χ3v) is 1.80. The maximum atomic E-state index is 10.0. The second kappa shape index (κ2) is 5.17. The molecule has 0 aromatic heterocycles. The molecule has 3 nitrogen and oxygen atoms in total. The van der Waals surface area contributed by atoms with E-state index in [-0.39, 0.29) is 0 Å². The lowest BCUT2D eigenvalue weighted by molar-refractivity contribution is -0.131. The van der Waals surface area contributed by atoms with Crippen molar-refractivity contribution in [1.82, 2.24) is 0 Å². The van der Waals surface area contributed by atoms with Gasteiger partial charge in [0.15, 0.2) is 0 Å². The number of hydrogen-bond acceptors (Lipinski definition) is 3. The van der Waals surface area contributed by atoms with Gasteiger partial charge in [-0.1, -0.05) is 30.3 Å². The number of carbonyl (C=O) groups excluding carboxylic acids is 1. The highest BCUT2D eigenvalue weighted by Crippen LogP contribution is 2.06. The molecule has 0 bridgehead atoms. The maximum Gasteiger partial charge on any atom is 0.293 e. The minimum atomic E-state index is -0.486. The zero-order chi connectivity index (χ0) is 10.4. The Morgan fingerprint density at radius 3 is 2.71 bits per heavy atom. The van der Waals surface area contributed by atoms with E-state index in [2.05, 4.69) is 11.7 Å². The van der Waals surface area contributed by atoms with Crippen LogP contribution in [0.2, 0.25) is 0 Å². The van der Waals surface area contributed by atoms with Crippen molar-refractivity contribution in [2.24, 2.45) is 0 Å². The lowest BCUT2D eigenvalue weighted by Crippen LogP contribution is -2.13. The molecule has 0 saturated carbocycles. The minimum absolute atomic E-state index is 0.336. The highest BCUT2D eigenvalue weighted by atomic mass is 16.5. The Kier molecular flexibility index (Phi) is 3.85. The monoisotopic (exact) mass is 190 g/mol. The average Bonchev–Trinajstić information content (AvgIpc) is 2.19. The van der Waals surface area contributed by atoms with E-state index in [1.165, 1.54) is 0 Å². The molecular weight excluding hydrogens is 178 g/mol. The van der Waals surface area contributed by atoms with Crippen LogP contribution in [-0.4, -0.2) is 18.3 Å². The second-order valence-corrected chi connectivity index (χ2v) is 2.90. The van der Waals surface area contributed by atoms with E-state index in [0.29, 0.717) is 18.6 Å². The SMILES string of the molecule is [CH2][C@@H](CC(=N)c1ccccc1)OC=O. The number of benzene rings is 1. The summed E-state index contributed by atoms with van der Waals surface area (Å²) in [5.74, 6) is 0. The zero-order valence-corrected chi connectivity index (χ0v) is 7.77. The van der Waals surface area contributed by atoms with Crippen LogP contribution in [0.1, 0.15) is 12.0 Å². The molecule has 1 N–H and O–H groups in total. The third kappa shape index (κ3) is 3.01. The predicted molar refractivity (Wildman–Crippen MR) is 54.2 cm³/mol. The molecule has 0 spiro atoms. The molecule has 1 atom stereocenters. The molecule has 0 saturated heterocycles. The number of ether oxygens (including phenoxy) is 1. The van der Waals surface area contributed by atoms with Gasteiger partial charge in [0.05, 0.1) is 0 Å². The summed E-state index contributed by atoms with van der Waals surface area (Å²) in [6, 6.07) is 9.30. The summed E-state index contributed by atoms with van der Waals surface area (Å²) in [6.45, 7) is 3.96. The number of rotatable bonds is 5. The van der Waals surface area contributed by atoms with Crippen molar-refractivity contribution < 1.29 is 9.53 Å². The number of nitrogens with one attached hydrogen (secondary N) is 1. The van der Waals surface area contributed by atoms with Crippen LogP contribution in [0.25, 0.3) is 0 Å². The van der Waals surface area contributed by atoms with Gasteiger partial charge < -0.3 is 10.1 Å². The first-order chi connectivity index (χ1) is 6.74. The van der Waals surface area contributed by atoms with E-state index in [0.717, 1.165) is 5.56 Å². The van der Waals surface area contributed by atoms with Gasteiger partial charge in [-0.3, -0.25) is 4.79 Å². The van der Waals surface area contributed by atoms with Gasteiger partial charge in [-0.05, 0) is 12.5 Å². The largest absolute Gasteiger partial charge is 0.464 e. The van der Waals surface area contributed by atoms with Crippen molar-refractivity contribution in [1.29, 1.82) is 5.41 Å². The van der Waals surface area contributed by atoms with Crippen LogP contribution in [0.3, 0.4) is 0 Å². The van der Waals surface area contributed by atoms with Crippen LogP contribution in [0.4, 0.5) is 0 Å². The molecular formula is C11H12NO2. The van der Waals surface area contributed by atoms with Crippen LogP contribution in [0.15, 0.2) is 30.3 Å². The van der Waals surface area contributed by atoms with Crippen molar-refractivity contribution in [3.8, 4) is 0 Å². The standard InChI is InChI=1S/C11H12NO2/c1-9(14-8-13)7-11(12)10-5-3-2-4-6-10/h2-6,8-9,12H,1,7H2/t9-/m0/s1. The van der Waals surface area contributed by atoms with Crippen LogP contribution in [0, 0.1) is 12.3 Å². The quantitative estimate of drug-likeness (QED) is 0.568. The molecule has 1 aromatic rings. The van der Waals surface area contributed by atoms with E-state index >= 15 is 0 Å². The first-order valence-corrected chi connectivity index (χ1v) is 4.29. The molecule has 3 heteroatoms. The van der Waals surface area contributed by atoms with Crippen molar-refractivity contribution in [2.75, 3.05) is 0 Å². The molecule has 0 aliphatic carbocycles. The fraction of sp³-hybridized carbons (Fsp3) is 0.182. The van der Waals surface area contributed by atoms with Crippen LogP contribution in [0.5, 0.6) is 0 Å². The molecule has 0 fully saturated rings. The Labute approximate surface area is 83.2 Å². The van der Waals surface area contributed by atoms with Crippen LogP contribution >= 0.6 is 0 Å². The molecule has 73 valence electrons. The third-order valence-electron chi connectivity index (χ3n) is 1.80. The fourth-order valence-electron chi connectivity index (χ4n) is 1.11. The first kappa shape index (κ1) is 10.4. The fourth-order valence-corrected chi connectivity index (χ4v) is 1.11. The lowest BCUT2D eigenvalue weighted by atomic mass is 10.1. The Bertz CT molecular complexity index is 308. The molecule has 1 rings (SSSR count). The lowest BCUT2D eigenvalue weighted by Gasteiger charge is -2.09. The summed E-state index contributed by atoms with van der Waals surface area (Å²) in [7, 11) is 0. The average molecular weight is 190 g/mol. The Hall–Kier alpha value is -1.64. The smallest absolute Gasteiger partial charge is 0.293 e. The van der Waals surface area contributed by atoms with E-state index in [4.69, 9.17) is 5.41 Å². The van der Waals surface area contributed by atoms with E-state index in [1.54, 1.807) is 0 Å². The van der Waals surface area contributed by atoms with Gasteiger partial charge in [-0.15, -0.1) is 0 Å². The molecule has 14 heavy (non-hydrogen) atoms. The van der Waals surface area contributed by atoms with Gasteiger partial charge in [-0.2, -0.15) is 0 Å². The summed E-state index contributed by atoms with van der Waals surface area (Å²) >= 11 is 0. The molecule has 0 aliphatic rings. The van der Waals surface area contributed by atoms with E-state index in [1.807, 2.05) is 30.3 Å². The van der Waals surface area contributed by atoms with Crippen LogP contribution in [-0.2, 0) is 9.53 Å². The van der Waals surface area contributed by atoms with E-state index in [9.17, 15) is 4.79 Å². The van der Waals surface area contributed by atoms with Crippen molar-refractivity contribution in [2.45, 2.75) is 12.5 Å². The predicted octanol–water partition coefficient (Wildman–Crippen LogP) is 1.82. The normalized spacial score (nSPS) is 11.8. The van der Waals surface area contributed by atoms with Gasteiger partial charge >= 0.3 is 0 Å². The minimum Gasteiger partial charge on any atom is -0.464 e. The van der Waals surface area contributed by atoms with Gasteiger partial charge in [-0.25, -0.2) is 0 Å². The zero-order valence-electron chi connectivity index (χ0n) is 7.77. The Balaban J connectivity index is 2.55. The van der Waals surface area contributed by atoms with Crippen LogP contribution < -0.4 is 0 Å². The summed E-state index contributed by atoms with van der Waals surface area (Å²) in [6.07, 6.45) is -0.150. The van der Waals surface area contributed by atoms with Gasteiger partial charge in [0.2, 0.25) is 0 Å². The van der Waals surface area contributed by atoms with Crippen molar-refractivity contribution >= 4 is 12.2 Å². The van der Waals surface area contributed by atoms with E-state index < -0.39 is 6.10 Å². The summed E-state index contributed by atoms with van der Waals surface area (Å²) in [5, 5.41) is 7.70. The molecule has 0 aliphatic heterocycles. The van der Waals surface area contributed by atoms with Gasteiger partial charge in [0, 0.05) is 12.1 Å². The number of hydrogen-bond donors (Lipinski definition) is 1. The maximum absolute atomic E-state index is 10.0. The highest BCUT2D eigenvalue weighted by molar-refractivity contribution is 5.98. The molecule has 0 amide bonds. The Morgan fingerprint density at radius 1 is 1.50 bits per heavy atom. The molecule has 1 radical (unpaired) electrons. The summed E-state index contributed by atoms with van der Waals surface area (Å²) < 4.78 is 4.60. The molecule has 0 heterocycles. The molecule has 1 aromatic carbocycles. The van der Waals surface area contributed by atoms with Crippen molar-refractivity contribution in [3.63, 3.8) is 0 Å². The summed E-state index contributed by atoms with van der Waals surface area (Å²) in [5.41, 5.74) is 1.25. The van der Waals surface area contributed by atoms with Gasteiger partial charge in [0.25, 0.3) is 6.47 Å². The van der Waals surface area contributed by atoms with Gasteiger partial charge in [0.1, 0.15) is 6.10 Å². The first-order valence-electron chi connectivity index (χ1n) is 4.29. The topological polar surface area (TPSA) is 50.1 Å². The Morgan fingerprint density at radius 2 is 2.14 bits per heavy atom. The van der Waals surface area contributed by atoms with Crippen molar-refractivity contribution in [3.05, 3.63) is 42.8 Å². The summed E-state index contributed by atoms with van der Waals surface area (Å²) in [4.78, 5) is 10.0. The second-order valence-electron chi connectivity index (χ2n) is 2.90.